The van der Waals surface area contributed by atoms with E-state index in [1.54, 1.807) is 4.68 Å². The zero-order valence-electron chi connectivity index (χ0n) is 15.0. The van der Waals surface area contributed by atoms with Crippen LogP contribution in [0.15, 0.2) is 30.4 Å². The maximum atomic E-state index is 12.7. The van der Waals surface area contributed by atoms with Crippen LogP contribution in [-0.2, 0) is 28.7 Å². The molecule has 0 atom stereocenters. The standard InChI is InChI=1S/C13H15F3N2.C4H4O4.H3N/c1-3-7-18-12-8-9(13(14,15)16)5-6-10(12)11(4-2)17-18;5-3(6)1-2-4(7)8;/h5-6,8H,3-4,7H2,1-2H3;1-2H,(H,5,6)(H,7,8);1H3. The number of alkyl halides is 3. The molecule has 1 aromatic heterocycles. The van der Waals surface area contributed by atoms with Gasteiger partial charge in [-0.15, -0.1) is 0 Å². The molecule has 2 aromatic rings. The van der Waals surface area contributed by atoms with Crippen LogP contribution in [0.1, 0.15) is 31.5 Å². The van der Waals surface area contributed by atoms with Gasteiger partial charge >= 0.3 is 18.1 Å². The van der Waals surface area contributed by atoms with Gasteiger partial charge in [0.15, 0.2) is 0 Å². The highest BCUT2D eigenvalue weighted by molar-refractivity contribution is 5.89. The topological polar surface area (TPSA) is 127 Å². The Bertz CT molecular complexity index is 798. The zero-order valence-corrected chi connectivity index (χ0v) is 15.0. The first-order valence-electron chi connectivity index (χ1n) is 7.80. The summed E-state index contributed by atoms with van der Waals surface area (Å²) in [5.41, 5.74) is 0.811. The number of carbonyl (C=O) groups is 2. The number of hydrogen-bond donors (Lipinski definition) is 3. The molecule has 0 aliphatic rings. The Kier molecular flexibility index (Phi) is 9.21. The number of carboxylic acid groups (broad SMARTS) is 2. The largest absolute Gasteiger partial charge is 0.478 e. The van der Waals surface area contributed by atoms with Crippen LogP contribution in [-0.4, -0.2) is 31.9 Å². The summed E-state index contributed by atoms with van der Waals surface area (Å²) in [7, 11) is 0. The number of benzene rings is 1. The third-order valence-corrected chi connectivity index (χ3v) is 3.29. The Morgan fingerprint density at radius 3 is 2.11 bits per heavy atom. The number of carboxylic acids is 2. The Balaban J connectivity index is 0.000000645. The van der Waals surface area contributed by atoms with Gasteiger partial charge in [-0.2, -0.15) is 18.3 Å². The fraction of sp³-hybridized carbons (Fsp3) is 0.353. The third-order valence-electron chi connectivity index (χ3n) is 3.29. The van der Waals surface area contributed by atoms with Crippen molar-refractivity contribution < 1.29 is 33.0 Å². The Labute approximate surface area is 153 Å². The number of hydrogen-bond acceptors (Lipinski definition) is 4. The van der Waals surface area contributed by atoms with Crippen LogP contribution in [0.3, 0.4) is 0 Å². The molecule has 0 unspecified atom stereocenters. The number of nitrogens with zero attached hydrogens (tertiary/aromatic N) is 2. The number of aryl methyl sites for hydroxylation is 2. The zero-order chi connectivity index (χ0) is 19.9. The van der Waals surface area contributed by atoms with Crippen molar-refractivity contribution in [1.29, 1.82) is 0 Å². The first kappa shape index (κ1) is 24.1. The maximum absolute atomic E-state index is 12.7. The van der Waals surface area contributed by atoms with Crippen LogP contribution >= 0.6 is 0 Å². The molecule has 1 aromatic carbocycles. The molecule has 0 bridgehead atoms. The predicted molar refractivity (Wildman–Crippen MR) is 93.8 cm³/mol. The molecule has 1 heterocycles. The molecule has 5 N–H and O–H groups in total. The fourth-order valence-corrected chi connectivity index (χ4v) is 2.20. The van der Waals surface area contributed by atoms with E-state index in [9.17, 15) is 22.8 Å². The van der Waals surface area contributed by atoms with Crippen molar-refractivity contribution in [2.45, 2.75) is 39.4 Å². The Morgan fingerprint density at radius 2 is 1.70 bits per heavy atom. The molecule has 0 saturated heterocycles. The van der Waals surface area contributed by atoms with Crippen molar-refractivity contribution in [3.05, 3.63) is 41.6 Å². The fourth-order valence-electron chi connectivity index (χ4n) is 2.20. The average Bonchev–Trinajstić information content (AvgIpc) is 2.90. The van der Waals surface area contributed by atoms with Crippen LogP contribution < -0.4 is 6.15 Å². The summed E-state index contributed by atoms with van der Waals surface area (Å²) in [5.74, 6) is -2.51. The van der Waals surface area contributed by atoms with Crippen molar-refractivity contribution in [2.75, 3.05) is 0 Å². The molecule has 7 nitrogen and oxygen atoms in total. The average molecular weight is 389 g/mol. The van der Waals surface area contributed by atoms with E-state index in [0.717, 1.165) is 30.0 Å². The van der Waals surface area contributed by atoms with E-state index in [-0.39, 0.29) is 6.15 Å². The van der Waals surface area contributed by atoms with Gasteiger partial charge in [0.2, 0.25) is 0 Å². The van der Waals surface area contributed by atoms with Gasteiger partial charge in [-0.05, 0) is 25.0 Å². The molecule has 150 valence electrons. The minimum atomic E-state index is -4.30. The van der Waals surface area contributed by atoms with Crippen molar-refractivity contribution >= 4 is 22.8 Å². The summed E-state index contributed by atoms with van der Waals surface area (Å²) in [5, 5.41) is 20.8. The van der Waals surface area contributed by atoms with E-state index in [0.29, 0.717) is 24.2 Å². The number of rotatable bonds is 5. The second-order valence-corrected chi connectivity index (χ2v) is 5.26. The van der Waals surface area contributed by atoms with E-state index < -0.39 is 23.7 Å². The summed E-state index contributed by atoms with van der Waals surface area (Å²) < 4.78 is 39.7. The minimum absolute atomic E-state index is 0. The normalized spacial score (nSPS) is 11.0. The lowest BCUT2D eigenvalue weighted by molar-refractivity contribution is -0.137. The van der Waals surface area contributed by atoms with E-state index in [4.69, 9.17) is 10.2 Å². The minimum Gasteiger partial charge on any atom is -0.478 e. The van der Waals surface area contributed by atoms with E-state index in [1.165, 1.54) is 12.1 Å². The van der Waals surface area contributed by atoms with Crippen LogP contribution in [0.4, 0.5) is 13.2 Å². The second kappa shape index (κ2) is 10.3. The van der Waals surface area contributed by atoms with Gasteiger partial charge in [0, 0.05) is 24.1 Å². The Morgan fingerprint density at radius 1 is 1.15 bits per heavy atom. The lowest BCUT2D eigenvalue weighted by atomic mass is 10.1. The molecule has 0 aliphatic carbocycles. The van der Waals surface area contributed by atoms with Crippen LogP contribution in [0.2, 0.25) is 0 Å². The summed E-state index contributed by atoms with van der Waals surface area (Å²) in [6, 6.07) is 3.84. The maximum Gasteiger partial charge on any atom is 0.416 e. The van der Waals surface area contributed by atoms with Gasteiger partial charge in [-0.25, -0.2) is 9.59 Å². The van der Waals surface area contributed by atoms with Gasteiger partial charge in [0.05, 0.1) is 16.8 Å². The monoisotopic (exact) mass is 389 g/mol. The smallest absolute Gasteiger partial charge is 0.416 e. The number of halogens is 3. The molecular weight excluding hydrogens is 367 g/mol. The van der Waals surface area contributed by atoms with Gasteiger partial charge in [0.1, 0.15) is 0 Å². The van der Waals surface area contributed by atoms with E-state index in [1.807, 2.05) is 13.8 Å². The summed E-state index contributed by atoms with van der Waals surface area (Å²) in [6.45, 7) is 4.57. The van der Waals surface area contributed by atoms with Gasteiger partial charge < -0.3 is 16.4 Å². The molecule has 0 saturated carbocycles. The first-order chi connectivity index (χ1) is 12.1. The molecule has 10 heteroatoms. The first-order valence-corrected chi connectivity index (χ1v) is 7.80. The quantitative estimate of drug-likeness (QED) is 0.666. The molecule has 27 heavy (non-hydrogen) atoms. The number of aliphatic carboxylic acids is 2. The van der Waals surface area contributed by atoms with Crippen molar-refractivity contribution in [3.63, 3.8) is 0 Å². The van der Waals surface area contributed by atoms with E-state index in [2.05, 4.69) is 5.10 Å². The lowest BCUT2D eigenvalue weighted by Gasteiger charge is -2.07. The Hall–Kier alpha value is -2.88. The lowest BCUT2D eigenvalue weighted by Crippen LogP contribution is -2.05. The van der Waals surface area contributed by atoms with Gasteiger partial charge in [0.25, 0.3) is 0 Å². The summed E-state index contributed by atoms with van der Waals surface area (Å²) >= 11 is 0. The van der Waals surface area contributed by atoms with Gasteiger partial charge in [-0.1, -0.05) is 19.9 Å². The molecular formula is C17H22F3N3O4. The second-order valence-electron chi connectivity index (χ2n) is 5.26. The summed E-state index contributed by atoms with van der Waals surface area (Å²) in [4.78, 5) is 19.1. The van der Waals surface area contributed by atoms with Crippen LogP contribution in [0.5, 0.6) is 0 Å². The van der Waals surface area contributed by atoms with Gasteiger partial charge in [-0.3, -0.25) is 4.68 Å². The van der Waals surface area contributed by atoms with Crippen molar-refractivity contribution in [1.82, 2.24) is 15.9 Å². The molecule has 0 aliphatic heterocycles. The van der Waals surface area contributed by atoms with E-state index >= 15 is 0 Å². The summed E-state index contributed by atoms with van der Waals surface area (Å²) in [6.07, 6.45) is -1.62. The van der Waals surface area contributed by atoms with Crippen molar-refractivity contribution in [3.8, 4) is 0 Å². The number of aromatic nitrogens is 2. The van der Waals surface area contributed by atoms with Crippen LogP contribution in [0.25, 0.3) is 10.9 Å². The highest BCUT2D eigenvalue weighted by atomic mass is 19.4. The highest BCUT2D eigenvalue weighted by Gasteiger charge is 2.31. The SMILES string of the molecule is CCCn1nc(CC)c2ccc(C(F)(F)F)cc21.N.O=C(O)C=CC(=O)O. The van der Waals surface area contributed by atoms with Crippen LogP contribution in [0, 0.1) is 0 Å². The molecule has 0 fully saturated rings. The third kappa shape index (κ3) is 7.10. The predicted octanol–water partition coefficient (Wildman–Crippen LogP) is 3.90. The molecule has 0 radical (unpaired) electrons. The number of fused-ring (bicyclic) bond motifs is 1. The molecule has 0 spiro atoms. The highest BCUT2D eigenvalue weighted by Crippen LogP contribution is 2.32. The molecule has 2 rings (SSSR count). The molecule has 0 amide bonds. The van der Waals surface area contributed by atoms with Crippen molar-refractivity contribution in [2.24, 2.45) is 0 Å².